The van der Waals surface area contributed by atoms with Crippen LogP contribution in [0.4, 0.5) is 10.5 Å². The van der Waals surface area contributed by atoms with Crippen molar-refractivity contribution in [2.24, 2.45) is 0 Å². The Labute approximate surface area is 148 Å². The second kappa shape index (κ2) is 7.55. The highest BCUT2D eigenvalue weighted by molar-refractivity contribution is 5.97. The van der Waals surface area contributed by atoms with Crippen molar-refractivity contribution in [3.05, 3.63) is 29.8 Å². The van der Waals surface area contributed by atoms with E-state index in [1.165, 1.54) is 4.90 Å². The Morgan fingerprint density at radius 2 is 1.88 bits per heavy atom. The molecule has 1 aliphatic carbocycles. The topological polar surface area (TPSA) is 90.5 Å². The number of rotatable bonds is 5. The van der Waals surface area contributed by atoms with Gasteiger partial charge in [0.25, 0.3) is 5.91 Å². The lowest BCUT2D eigenvalue weighted by atomic mass is 10.1. The lowest BCUT2D eigenvalue weighted by Crippen LogP contribution is -2.47. The van der Waals surface area contributed by atoms with Gasteiger partial charge in [-0.05, 0) is 51.8 Å². The van der Waals surface area contributed by atoms with Crippen LogP contribution in [0, 0.1) is 0 Å². The summed E-state index contributed by atoms with van der Waals surface area (Å²) in [4.78, 5) is 37.5. The van der Waals surface area contributed by atoms with Crippen molar-refractivity contribution in [2.45, 2.75) is 45.2 Å². The lowest BCUT2D eigenvalue weighted by Gasteiger charge is -2.23. The summed E-state index contributed by atoms with van der Waals surface area (Å²) in [6, 6.07) is 6.60. The van der Waals surface area contributed by atoms with E-state index in [2.05, 4.69) is 16.0 Å². The summed E-state index contributed by atoms with van der Waals surface area (Å²) in [5.41, 5.74) is 0.659. The standard InChI is InChI=1S/C18H26N4O3/c1-18(2,3)21-15(23)11-22(4)17(25)20-14-7-5-6-12(10-14)16(24)19-13-8-9-13/h5-7,10,13H,8-9,11H2,1-4H3,(H,19,24)(H,20,25)(H,21,23). The largest absolute Gasteiger partial charge is 0.350 e. The number of hydrogen-bond acceptors (Lipinski definition) is 3. The molecule has 0 aromatic heterocycles. The van der Waals surface area contributed by atoms with Gasteiger partial charge in [0.05, 0.1) is 0 Å². The van der Waals surface area contributed by atoms with Crippen LogP contribution in [0.15, 0.2) is 24.3 Å². The van der Waals surface area contributed by atoms with E-state index in [1.807, 2.05) is 20.8 Å². The van der Waals surface area contributed by atoms with E-state index in [-0.39, 0.29) is 29.9 Å². The Balaban J connectivity index is 1.90. The first-order valence-electron chi connectivity index (χ1n) is 8.38. The third-order valence-electron chi connectivity index (χ3n) is 3.53. The minimum Gasteiger partial charge on any atom is -0.350 e. The van der Waals surface area contributed by atoms with E-state index in [0.717, 1.165) is 12.8 Å². The highest BCUT2D eigenvalue weighted by Crippen LogP contribution is 2.20. The molecule has 0 atom stereocenters. The maximum atomic E-state index is 12.2. The summed E-state index contributed by atoms with van der Waals surface area (Å²) < 4.78 is 0. The van der Waals surface area contributed by atoms with Gasteiger partial charge in [-0.2, -0.15) is 0 Å². The van der Waals surface area contributed by atoms with Crippen LogP contribution in [0.3, 0.4) is 0 Å². The SMILES string of the molecule is CN(CC(=O)NC(C)(C)C)C(=O)Nc1cccc(C(=O)NC2CC2)c1. The predicted molar refractivity (Wildman–Crippen MR) is 96.5 cm³/mol. The maximum Gasteiger partial charge on any atom is 0.322 e. The molecule has 0 saturated heterocycles. The van der Waals surface area contributed by atoms with Crippen LogP contribution in [-0.2, 0) is 4.79 Å². The number of nitrogens with zero attached hydrogens (tertiary/aromatic N) is 1. The van der Waals surface area contributed by atoms with E-state index in [1.54, 1.807) is 31.3 Å². The highest BCUT2D eigenvalue weighted by atomic mass is 16.2. The van der Waals surface area contributed by atoms with E-state index in [4.69, 9.17) is 0 Å². The van der Waals surface area contributed by atoms with Gasteiger partial charge in [-0.3, -0.25) is 9.59 Å². The molecule has 0 radical (unpaired) electrons. The first-order valence-corrected chi connectivity index (χ1v) is 8.38. The molecule has 1 fully saturated rings. The number of urea groups is 1. The van der Waals surface area contributed by atoms with Gasteiger partial charge >= 0.3 is 6.03 Å². The Hall–Kier alpha value is -2.57. The molecule has 2 rings (SSSR count). The maximum absolute atomic E-state index is 12.2. The Kier molecular flexibility index (Phi) is 5.66. The van der Waals surface area contributed by atoms with E-state index >= 15 is 0 Å². The molecule has 7 nitrogen and oxygen atoms in total. The Morgan fingerprint density at radius 1 is 1.20 bits per heavy atom. The number of nitrogens with one attached hydrogen (secondary N) is 3. The monoisotopic (exact) mass is 346 g/mol. The summed E-state index contributed by atoms with van der Waals surface area (Å²) in [5, 5.41) is 8.41. The quantitative estimate of drug-likeness (QED) is 0.761. The van der Waals surface area contributed by atoms with Gasteiger partial charge in [-0.15, -0.1) is 0 Å². The fourth-order valence-electron chi connectivity index (χ4n) is 2.20. The first kappa shape index (κ1) is 18.8. The number of benzene rings is 1. The molecule has 0 unspecified atom stereocenters. The molecule has 25 heavy (non-hydrogen) atoms. The average molecular weight is 346 g/mol. The van der Waals surface area contributed by atoms with E-state index in [9.17, 15) is 14.4 Å². The molecule has 0 aliphatic heterocycles. The zero-order valence-electron chi connectivity index (χ0n) is 15.2. The van der Waals surface area contributed by atoms with Gasteiger partial charge in [-0.1, -0.05) is 6.07 Å². The number of likely N-dealkylation sites (N-methyl/N-ethyl adjacent to an activating group) is 1. The smallest absolute Gasteiger partial charge is 0.322 e. The van der Waals surface area contributed by atoms with Gasteiger partial charge < -0.3 is 20.9 Å². The van der Waals surface area contributed by atoms with Gasteiger partial charge in [-0.25, -0.2) is 4.79 Å². The lowest BCUT2D eigenvalue weighted by molar-refractivity contribution is -0.122. The molecular formula is C18H26N4O3. The summed E-state index contributed by atoms with van der Waals surface area (Å²) >= 11 is 0. The number of carbonyl (C=O) groups excluding carboxylic acids is 3. The van der Waals surface area contributed by atoms with Crippen molar-refractivity contribution in [3.8, 4) is 0 Å². The van der Waals surface area contributed by atoms with E-state index in [0.29, 0.717) is 11.3 Å². The molecule has 0 heterocycles. The highest BCUT2D eigenvalue weighted by Gasteiger charge is 2.24. The normalized spacial score (nSPS) is 13.8. The van der Waals surface area contributed by atoms with Crippen LogP contribution in [0.2, 0.25) is 0 Å². The van der Waals surface area contributed by atoms with Crippen LogP contribution >= 0.6 is 0 Å². The average Bonchev–Trinajstić information content (AvgIpc) is 3.29. The minimum absolute atomic E-state index is 0.0506. The molecule has 0 spiro atoms. The van der Waals surface area contributed by atoms with Crippen LogP contribution in [-0.4, -0.2) is 47.9 Å². The van der Waals surface area contributed by atoms with Crippen molar-refractivity contribution in [1.29, 1.82) is 0 Å². The fraction of sp³-hybridized carbons (Fsp3) is 0.500. The summed E-state index contributed by atoms with van der Waals surface area (Å²) in [6.07, 6.45) is 2.03. The van der Waals surface area contributed by atoms with Crippen molar-refractivity contribution in [2.75, 3.05) is 18.9 Å². The van der Waals surface area contributed by atoms with Crippen LogP contribution in [0.25, 0.3) is 0 Å². The number of anilines is 1. The number of hydrogen-bond donors (Lipinski definition) is 3. The Morgan fingerprint density at radius 3 is 2.48 bits per heavy atom. The molecular weight excluding hydrogens is 320 g/mol. The molecule has 1 aliphatic rings. The molecule has 3 N–H and O–H groups in total. The molecule has 7 heteroatoms. The molecule has 1 aromatic carbocycles. The molecule has 136 valence electrons. The third kappa shape index (κ3) is 6.45. The van der Waals surface area contributed by atoms with Crippen molar-refractivity contribution in [3.63, 3.8) is 0 Å². The zero-order chi connectivity index (χ0) is 18.6. The van der Waals surface area contributed by atoms with Crippen molar-refractivity contribution >= 4 is 23.5 Å². The third-order valence-corrected chi connectivity index (χ3v) is 3.53. The summed E-state index contributed by atoms with van der Waals surface area (Å²) in [7, 11) is 1.54. The molecule has 1 aromatic rings. The Bertz CT molecular complexity index is 663. The first-order chi connectivity index (χ1) is 11.6. The number of carbonyl (C=O) groups is 3. The summed E-state index contributed by atoms with van der Waals surface area (Å²) in [5.74, 6) is -0.376. The second-order valence-electron chi connectivity index (χ2n) is 7.41. The van der Waals surface area contributed by atoms with Gasteiger partial charge in [0.1, 0.15) is 6.54 Å². The van der Waals surface area contributed by atoms with Crippen LogP contribution < -0.4 is 16.0 Å². The zero-order valence-corrected chi connectivity index (χ0v) is 15.2. The summed E-state index contributed by atoms with van der Waals surface area (Å²) in [6.45, 7) is 5.58. The van der Waals surface area contributed by atoms with Gasteiger partial charge in [0.15, 0.2) is 0 Å². The van der Waals surface area contributed by atoms with Crippen LogP contribution in [0.1, 0.15) is 44.0 Å². The van der Waals surface area contributed by atoms with Crippen LogP contribution in [0.5, 0.6) is 0 Å². The van der Waals surface area contributed by atoms with E-state index < -0.39 is 6.03 Å². The molecule has 0 bridgehead atoms. The molecule has 1 saturated carbocycles. The van der Waals surface area contributed by atoms with Gasteiger partial charge in [0.2, 0.25) is 5.91 Å². The fourth-order valence-corrected chi connectivity index (χ4v) is 2.20. The number of amides is 4. The van der Waals surface area contributed by atoms with Gasteiger partial charge in [0, 0.05) is 29.9 Å². The predicted octanol–water partition coefficient (Wildman–Crippen LogP) is 1.96. The molecule has 4 amide bonds. The minimum atomic E-state index is -0.413. The van der Waals surface area contributed by atoms with Crippen molar-refractivity contribution in [1.82, 2.24) is 15.5 Å². The second-order valence-corrected chi connectivity index (χ2v) is 7.41. The van der Waals surface area contributed by atoms with Crippen molar-refractivity contribution < 1.29 is 14.4 Å².